The van der Waals surface area contributed by atoms with E-state index in [4.69, 9.17) is 5.73 Å². The number of rotatable bonds is 4. The molecule has 2 atom stereocenters. The molecule has 0 bridgehead atoms. The van der Waals surface area contributed by atoms with Crippen LogP contribution in [0, 0.1) is 13.8 Å². The fourth-order valence-electron chi connectivity index (χ4n) is 1.94. The molecule has 2 nitrogen and oxygen atoms in total. The van der Waals surface area contributed by atoms with Gasteiger partial charge < -0.3 is 10.8 Å². The van der Waals surface area contributed by atoms with E-state index in [0.29, 0.717) is 12.5 Å². The van der Waals surface area contributed by atoms with Crippen LogP contribution >= 0.6 is 0 Å². The van der Waals surface area contributed by atoms with Crippen LogP contribution in [0.2, 0.25) is 0 Å². The van der Waals surface area contributed by atoms with Crippen LogP contribution in [0.3, 0.4) is 0 Å². The highest BCUT2D eigenvalue weighted by atomic mass is 16.3. The van der Waals surface area contributed by atoms with Gasteiger partial charge in [0.15, 0.2) is 0 Å². The molecule has 3 N–H and O–H groups in total. The summed E-state index contributed by atoms with van der Waals surface area (Å²) in [5, 5.41) is 9.52. The average molecular weight is 207 g/mol. The van der Waals surface area contributed by atoms with Crippen molar-refractivity contribution in [2.45, 2.75) is 39.2 Å². The van der Waals surface area contributed by atoms with Crippen LogP contribution in [0.5, 0.6) is 0 Å². The normalized spacial score (nSPS) is 15.0. The summed E-state index contributed by atoms with van der Waals surface area (Å²) in [5.74, 6) is 0.364. The third-order valence-corrected chi connectivity index (χ3v) is 3.08. The molecule has 0 aliphatic heterocycles. The van der Waals surface area contributed by atoms with Crippen LogP contribution in [0.4, 0.5) is 0 Å². The van der Waals surface area contributed by atoms with Crippen LogP contribution in [0.25, 0.3) is 0 Å². The number of hydrogen-bond acceptors (Lipinski definition) is 2. The largest absolute Gasteiger partial charge is 0.392 e. The predicted octanol–water partition coefficient (Wildman–Crippen LogP) is 2.12. The van der Waals surface area contributed by atoms with Gasteiger partial charge in [-0.2, -0.15) is 0 Å². The van der Waals surface area contributed by atoms with E-state index in [0.717, 1.165) is 6.42 Å². The first-order valence-electron chi connectivity index (χ1n) is 5.50. The van der Waals surface area contributed by atoms with E-state index >= 15 is 0 Å². The Morgan fingerprint density at radius 1 is 1.33 bits per heavy atom. The summed E-state index contributed by atoms with van der Waals surface area (Å²) in [7, 11) is 0. The second kappa shape index (κ2) is 5.29. The Labute approximate surface area is 92.1 Å². The second-order valence-corrected chi connectivity index (χ2v) is 4.32. The van der Waals surface area contributed by atoms with Gasteiger partial charge in [-0.3, -0.25) is 0 Å². The van der Waals surface area contributed by atoms with E-state index in [9.17, 15) is 5.11 Å². The molecule has 0 spiro atoms. The minimum Gasteiger partial charge on any atom is -0.392 e. The molecule has 0 fully saturated rings. The smallest absolute Gasteiger partial charge is 0.0668 e. The molecule has 1 aromatic carbocycles. The molecule has 0 amide bonds. The van der Waals surface area contributed by atoms with E-state index in [1.54, 1.807) is 0 Å². The topological polar surface area (TPSA) is 46.2 Å². The SMILES string of the molecule is Cc1cccc(C(C)CC(O)CN)c1C. The summed E-state index contributed by atoms with van der Waals surface area (Å²) in [5.41, 5.74) is 9.37. The lowest BCUT2D eigenvalue weighted by molar-refractivity contribution is 0.165. The lowest BCUT2D eigenvalue weighted by Crippen LogP contribution is -2.21. The summed E-state index contributed by atoms with van der Waals surface area (Å²) < 4.78 is 0. The number of aryl methyl sites for hydroxylation is 1. The quantitative estimate of drug-likeness (QED) is 0.794. The van der Waals surface area contributed by atoms with Crippen molar-refractivity contribution in [2.75, 3.05) is 6.54 Å². The van der Waals surface area contributed by atoms with Crippen molar-refractivity contribution < 1.29 is 5.11 Å². The number of benzene rings is 1. The van der Waals surface area contributed by atoms with Crippen LogP contribution in [-0.2, 0) is 0 Å². The highest BCUT2D eigenvalue weighted by Gasteiger charge is 2.13. The molecule has 84 valence electrons. The molecule has 0 aliphatic rings. The van der Waals surface area contributed by atoms with E-state index in [-0.39, 0.29) is 6.10 Å². The molecule has 0 aromatic heterocycles. The van der Waals surface area contributed by atoms with Gasteiger partial charge in [0.1, 0.15) is 0 Å². The van der Waals surface area contributed by atoms with Crippen LogP contribution in [-0.4, -0.2) is 17.8 Å². The van der Waals surface area contributed by atoms with Gasteiger partial charge in [0, 0.05) is 6.54 Å². The molecule has 1 aromatic rings. The van der Waals surface area contributed by atoms with Gasteiger partial charge in [-0.15, -0.1) is 0 Å². The fraction of sp³-hybridized carbons (Fsp3) is 0.538. The van der Waals surface area contributed by atoms with Gasteiger partial charge in [0.05, 0.1) is 6.10 Å². The van der Waals surface area contributed by atoms with Crippen molar-refractivity contribution in [3.05, 3.63) is 34.9 Å². The van der Waals surface area contributed by atoms with E-state index < -0.39 is 0 Å². The maximum atomic E-state index is 9.52. The molecular formula is C13H21NO. The molecule has 2 heteroatoms. The summed E-state index contributed by atoms with van der Waals surface area (Å²) in [6.07, 6.45) is 0.348. The summed E-state index contributed by atoms with van der Waals surface area (Å²) in [6, 6.07) is 6.32. The third kappa shape index (κ3) is 3.05. The van der Waals surface area contributed by atoms with E-state index in [2.05, 4.69) is 39.0 Å². The van der Waals surface area contributed by atoms with Gasteiger partial charge in [0.2, 0.25) is 0 Å². The zero-order valence-corrected chi connectivity index (χ0v) is 9.83. The standard InChI is InChI=1S/C13H21NO/c1-9-5-4-6-13(11(9)3)10(2)7-12(15)8-14/h4-6,10,12,15H,7-8,14H2,1-3H3. The fourth-order valence-corrected chi connectivity index (χ4v) is 1.94. The molecule has 0 saturated carbocycles. The zero-order chi connectivity index (χ0) is 11.4. The van der Waals surface area contributed by atoms with Gasteiger partial charge in [-0.1, -0.05) is 25.1 Å². The monoisotopic (exact) mass is 207 g/mol. The van der Waals surface area contributed by atoms with Crippen LogP contribution in [0.15, 0.2) is 18.2 Å². The highest BCUT2D eigenvalue weighted by molar-refractivity contribution is 5.35. The summed E-state index contributed by atoms with van der Waals surface area (Å²) in [6.45, 7) is 6.73. The second-order valence-electron chi connectivity index (χ2n) is 4.32. The minimum atomic E-state index is -0.389. The molecular weight excluding hydrogens is 186 g/mol. The van der Waals surface area contributed by atoms with E-state index in [1.807, 2.05) is 0 Å². The molecule has 0 heterocycles. The maximum Gasteiger partial charge on any atom is 0.0668 e. The number of aliphatic hydroxyl groups is 1. The Kier molecular flexibility index (Phi) is 4.30. The Morgan fingerprint density at radius 3 is 2.60 bits per heavy atom. The first-order chi connectivity index (χ1) is 7.06. The van der Waals surface area contributed by atoms with Crippen molar-refractivity contribution in [1.29, 1.82) is 0 Å². The molecule has 0 saturated heterocycles. The lowest BCUT2D eigenvalue weighted by Gasteiger charge is -2.18. The highest BCUT2D eigenvalue weighted by Crippen LogP contribution is 2.25. The zero-order valence-electron chi connectivity index (χ0n) is 9.83. The van der Waals surface area contributed by atoms with Crippen LogP contribution < -0.4 is 5.73 Å². The summed E-state index contributed by atoms with van der Waals surface area (Å²) in [4.78, 5) is 0. The van der Waals surface area contributed by atoms with Crippen molar-refractivity contribution in [2.24, 2.45) is 5.73 Å². The molecule has 2 unspecified atom stereocenters. The Morgan fingerprint density at radius 2 is 2.00 bits per heavy atom. The van der Waals surface area contributed by atoms with Crippen molar-refractivity contribution in [1.82, 2.24) is 0 Å². The molecule has 0 aliphatic carbocycles. The lowest BCUT2D eigenvalue weighted by atomic mass is 9.90. The van der Waals surface area contributed by atoms with Crippen molar-refractivity contribution in [3.63, 3.8) is 0 Å². The van der Waals surface area contributed by atoms with Gasteiger partial charge >= 0.3 is 0 Å². The van der Waals surface area contributed by atoms with Gasteiger partial charge in [-0.05, 0) is 42.9 Å². The first kappa shape index (κ1) is 12.2. The van der Waals surface area contributed by atoms with Crippen molar-refractivity contribution in [3.8, 4) is 0 Å². The van der Waals surface area contributed by atoms with Gasteiger partial charge in [-0.25, -0.2) is 0 Å². The van der Waals surface area contributed by atoms with E-state index in [1.165, 1.54) is 16.7 Å². The minimum absolute atomic E-state index is 0.342. The maximum absolute atomic E-state index is 9.52. The van der Waals surface area contributed by atoms with Gasteiger partial charge in [0.25, 0.3) is 0 Å². The average Bonchev–Trinajstić information content (AvgIpc) is 2.21. The predicted molar refractivity (Wildman–Crippen MR) is 64.0 cm³/mol. The number of hydrogen-bond donors (Lipinski definition) is 2. The van der Waals surface area contributed by atoms with Crippen molar-refractivity contribution >= 4 is 0 Å². The Bertz CT molecular complexity index is 322. The Hall–Kier alpha value is -0.860. The first-order valence-corrected chi connectivity index (χ1v) is 5.50. The van der Waals surface area contributed by atoms with Crippen LogP contribution in [0.1, 0.15) is 36.0 Å². The number of aliphatic hydroxyl groups excluding tert-OH is 1. The molecule has 0 radical (unpaired) electrons. The number of nitrogens with two attached hydrogens (primary N) is 1. The molecule has 15 heavy (non-hydrogen) atoms. The summed E-state index contributed by atoms with van der Waals surface area (Å²) >= 11 is 0. The third-order valence-electron chi connectivity index (χ3n) is 3.08. The Balaban J connectivity index is 2.82. The molecule has 1 rings (SSSR count).